The van der Waals surface area contributed by atoms with E-state index >= 15 is 0 Å². The largest absolute Gasteiger partial charge is 0.356 e. The van der Waals surface area contributed by atoms with E-state index < -0.39 is 0 Å². The molecule has 0 saturated carbocycles. The normalized spacial score (nSPS) is 12.4. The lowest BCUT2D eigenvalue weighted by Gasteiger charge is -2.09. The number of carbonyl (C=O) groups excluding carboxylic acids is 1. The number of aryl methyl sites for hydroxylation is 2. The summed E-state index contributed by atoms with van der Waals surface area (Å²) in [7, 11) is 0. The van der Waals surface area contributed by atoms with Gasteiger partial charge in [0.25, 0.3) is 0 Å². The smallest absolute Gasteiger partial charge is 0.226 e. The van der Waals surface area contributed by atoms with Crippen LogP contribution in [-0.4, -0.2) is 29.1 Å². The molecule has 1 heterocycles. The Kier molecular flexibility index (Phi) is 7.10. The molecule has 0 aliphatic carbocycles. The van der Waals surface area contributed by atoms with Gasteiger partial charge in [0.05, 0.1) is 0 Å². The quantitative estimate of drug-likeness (QED) is 0.698. The molecule has 0 saturated heterocycles. The van der Waals surface area contributed by atoms with Gasteiger partial charge in [-0.2, -0.15) is 4.98 Å². The average Bonchev–Trinajstić information content (AvgIpc) is 2.84. The van der Waals surface area contributed by atoms with E-state index in [-0.39, 0.29) is 5.91 Å². The number of rotatable bonds is 9. The Hall–Kier alpha value is -1.43. The Morgan fingerprint density at radius 1 is 1.47 bits per heavy atom. The molecule has 1 unspecified atom stereocenters. The van der Waals surface area contributed by atoms with Crippen molar-refractivity contribution < 1.29 is 9.32 Å². The van der Waals surface area contributed by atoms with E-state index in [0.717, 1.165) is 25.1 Å². The maximum absolute atomic E-state index is 11.5. The van der Waals surface area contributed by atoms with E-state index in [2.05, 4.69) is 22.4 Å². The first-order valence-corrected chi connectivity index (χ1v) is 6.94. The first-order valence-electron chi connectivity index (χ1n) is 6.94. The summed E-state index contributed by atoms with van der Waals surface area (Å²) in [6.07, 6.45) is 3.68. The maximum Gasteiger partial charge on any atom is 0.226 e. The molecule has 0 fully saturated rings. The Balaban J connectivity index is 2.16. The minimum absolute atomic E-state index is 0.0496. The van der Waals surface area contributed by atoms with Gasteiger partial charge in [0.15, 0.2) is 5.82 Å². The van der Waals surface area contributed by atoms with Crippen LogP contribution in [0.4, 0.5) is 0 Å². The number of amides is 1. The fourth-order valence-electron chi connectivity index (χ4n) is 1.58. The Labute approximate surface area is 114 Å². The summed E-state index contributed by atoms with van der Waals surface area (Å²) in [5.74, 6) is 1.73. The summed E-state index contributed by atoms with van der Waals surface area (Å²) in [5.41, 5.74) is 5.48. The molecule has 19 heavy (non-hydrogen) atoms. The summed E-state index contributed by atoms with van der Waals surface area (Å²) in [6.45, 7) is 5.30. The number of aromatic nitrogens is 2. The van der Waals surface area contributed by atoms with E-state index in [4.69, 9.17) is 10.3 Å². The molecule has 1 aromatic rings. The van der Waals surface area contributed by atoms with Crippen molar-refractivity contribution >= 4 is 5.91 Å². The molecule has 3 N–H and O–H groups in total. The zero-order valence-electron chi connectivity index (χ0n) is 11.8. The SMILES string of the molecule is CCCc1noc(CCCC(=O)NCC(C)CN)n1. The predicted molar refractivity (Wildman–Crippen MR) is 72.5 cm³/mol. The van der Waals surface area contributed by atoms with Gasteiger partial charge in [0, 0.05) is 25.8 Å². The van der Waals surface area contributed by atoms with E-state index in [0.29, 0.717) is 37.7 Å². The van der Waals surface area contributed by atoms with Crippen LogP contribution >= 0.6 is 0 Å². The third-order valence-corrected chi connectivity index (χ3v) is 2.83. The first kappa shape index (κ1) is 15.6. The van der Waals surface area contributed by atoms with Gasteiger partial charge in [-0.05, 0) is 25.3 Å². The van der Waals surface area contributed by atoms with Crippen molar-refractivity contribution in [3.8, 4) is 0 Å². The second kappa shape index (κ2) is 8.63. The molecule has 1 atom stereocenters. The lowest BCUT2D eigenvalue weighted by molar-refractivity contribution is -0.121. The Bertz CT molecular complexity index is 378. The molecular weight excluding hydrogens is 244 g/mol. The van der Waals surface area contributed by atoms with Gasteiger partial charge < -0.3 is 15.6 Å². The molecule has 1 rings (SSSR count). The molecule has 0 spiro atoms. The standard InChI is InChI=1S/C13H24N4O2/c1-3-5-11-16-13(19-17-11)7-4-6-12(18)15-9-10(2)8-14/h10H,3-9,14H2,1-2H3,(H,15,18). The molecular formula is C13H24N4O2. The maximum atomic E-state index is 11.5. The lowest BCUT2D eigenvalue weighted by atomic mass is 10.2. The van der Waals surface area contributed by atoms with Gasteiger partial charge >= 0.3 is 0 Å². The fraction of sp³-hybridized carbons (Fsp3) is 0.769. The fourth-order valence-corrected chi connectivity index (χ4v) is 1.58. The van der Waals surface area contributed by atoms with Crippen LogP contribution in [0.3, 0.4) is 0 Å². The van der Waals surface area contributed by atoms with Gasteiger partial charge in [-0.1, -0.05) is 19.0 Å². The summed E-state index contributed by atoms with van der Waals surface area (Å²) in [5, 5.41) is 6.73. The summed E-state index contributed by atoms with van der Waals surface area (Å²) in [6, 6.07) is 0. The number of carbonyl (C=O) groups is 1. The monoisotopic (exact) mass is 268 g/mol. The molecule has 0 radical (unpaired) electrons. The minimum Gasteiger partial charge on any atom is -0.356 e. The zero-order valence-corrected chi connectivity index (χ0v) is 11.8. The van der Waals surface area contributed by atoms with E-state index in [9.17, 15) is 4.79 Å². The summed E-state index contributed by atoms with van der Waals surface area (Å²) >= 11 is 0. The van der Waals surface area contributed by atoms with Crippen molar-refractivity contribution in [3.63, 3.8) is 0 Å². The summed E-state index contributed by atoms with van der Waals surface area (Å²) in [4.78, 5) is 15.8. The van der Waals surface area contributed by atoms with Crippen molar-refractivity contribution in [2.24, 2.45) is 11.7 Å². The van der Waals surface area contributed by atoms with Crippen LogP contribution in [0.5, 0.6) is 0 Å². The number of nitrogens with zero attached hydrogens (tertiary/aromatic N) is 2. The highest BCUT2D eigenvalue weighted by Gasteiger charge is 2.08. The first-order chi connectivity index (χ1) is 9.15. The van der Waals surface area contributed by atoms with Crippen molar-refractivity contribution in [2.75, 3.05) is 13.1 Å². The molecule has 0 aromatic carbocycles. The molecule has 0 aliphatic rings. The molecule has 108 valence electrons. The van der Waals surface area contributed by atoms with Crippen molar-refractivity contribution in [1.82, 2.24) is 15.5 Å². The molecule has 0 bridgehead atoms. The number of nitrogens with one attached hydrogen (secondary N) is 1. The topological polar surface area (TPSA) is 94.0 Å². The zero-order chi connectivity index (χ0) is 14.1. The van der Waals surface area contributed by atoms with Gasteiger partial charge in [-0.25, -0.2) is 0 Å². The van der Waals surface area contributed by atoms with E-state index in [1.54, 1.807) is 0 Å². The molecule has 6 nitrogen and oxygen atoms in total. The van der Waals surface area contributed by atoms with Gasteiger partial charge in [0.2, 0.25) is 11.8 Å². The second-order valence-corrected chi connectivity index (χ2v) is 4.85. The van der Waals surface area contributed by atoms with Gasteiger partial charge in [-0.3, -0.25) is 4.79 Å². The van der Waals surface area contributed by atoms with Crippen LogP contribution in [0.25, 0.3) is 0 Å². The molecule has 6 heteroatoms. The highest BCUT2D eigenvalue weighted by atomic mass is 16.5. The number of hydrogen-bond donors (Lipinski definition) is 2. The van der Waals surface area contributed by atoms with Crippen molar-refractivity contribution in [1.29, 1.82) is 0 Å². The highest BCUT2D eigenvalue weighted by molar-refractivity contribution is 5.75. The molecule has 0 aliphatic heterocycles. The van der Waals surface area contributed by atoms with E-state index in [1.165, 1.54) is 0 Å². The van der Waals surface area contributed by atoms with Gasteiger partial charge in [-0.15, -0.1) is 0 Å². The predicted octanol–water partition coefficient (Wildman–Crippen LogP) is 1.06. The minimum atomic E-state index is 0.0496. The van der Waals surface area contributed by atoms with Crippen molar-refractivity contribution in [2.45, 2.75) is 46.0 Å². The average molecular weight is 268 g/mol. The number of nitrogens with two attached hydrogens (primary N) is 1. The van der Waals surface area contributed by atoms with Crippen LogP contribution in [-0.2, 0) is 17.6 Å². The van der Waals surface area contributed by atoms with Crippen LogP contribution in [0, 0.1) is 5.92 Å². The Morgan fingerprint density at radius 3 is 2.95 bits per heavy atom. The van der Waals surface area contributed by atoms with E-state index in [1.807, 2.05) is 6.92 Å². The van der Waals surface area contributed by atoms with Crippen LogP contribution in [0.2, 0.25) is 0 Å². The number of hydrogen-bond acceptors (Lipinski definition) is 5. The third-order valence-electron chi connectivity index (χ3n) is 2.83. The van der Waals surface area contributed by atoms with Crippen LogP contribution in [0.1, 0.15) is 44.8 Å². The van der Waals surface area contributed by atoms with Crippen molar-refractivity contribution in [3.05, 3.63) is 11.7 Å². The third kappa shape index (κ3) is 6.33. The Morgan fingerprint density at radius 2 is 2.26 bits per heavy atom. The van der Waals surface area contributed by atoms with Crippen LogP contribution < -0.4 is 11.1 Å². The molecule has 1 amide bonds. The summed E-state index contributed by atoms with van der Waals surface area (Å²) < 4.78 is 5.11. The van der Waals surface area contributed by atoms with Crippen LogP contribution in [0.15, 0.2) is 4.52 Å². The second-order valence-electron chi connectivity index (χ2n) is 4.85. The van der Waals surface area contributed by atoms with Gasteiger partial charge in [0.1, 0.15) is 0 Å². The highest BCUT2D eigenvalue weighted by Crippen LogP contribution is 2.04. The lowest BCUT2D eigenvalue weighted by Crippen LogP contribution is -2.31. The molecule has 1 aromatic heterocycles.